The van der Waals surface area contributed by atoms with E-state index in [4.69, 9.17) is 0 Å². The molecule has 2 aromatic rings. The van der Waals surface area contributed by atoms with Crippen molar-refractivity contribution in [3.63, 3.8) is 0 Å². The Bertz CT molecular complexity index is 595. The van der Waals surface area contributed by atoms with Crippen LogP contribution in [0.15, 0.2) is 18.6 Å². The summed E-state index contributed by atoms with van der Waals surface area (Å²) in [5.74, 6) is 0.760. The van der Waals surface area contributed by atoms with E-state index in [1.807, 2.05) is 6.07 Å². The standard InChI is InChI=1S/C12H11N5/c13-6-9-5-10-7-14-8-15-11(10)16-12(9)17-3-1-2-4-17/h5,7-8H,1-4H2. The fourth-order valence-corrected chi connectivity index (χ4v) is 2.16. The Kier molecular flexibility index (Phi) is 2.33. The van der Waals surface area contributed by atoms with Crippen LogP contribution in [0.1, 0.15) is 18.4 Å². The van der Waals surface area contributed by atoms with E-state index in [-0.39, 0.29) is 0 Å². The van der Waals surface area contributed by atoms with Crippen molar-refractivity contribution in [3.8, 4) is 6.07 Å². The molecule has 5 nitrogen and oxygen atoms in total. The number of nitriles is 1. The van der Waals surface area contributed by atoms with Gasteiger partial charge in [0.1, 0.15) is 18.2 Å². The van der Waals surface area contributed by atoms with Crippen LogP contribution in [0.5, 0.6) is 0 Å². The zero-order valence-corrected chi connectivity index (χ0v) is 9.30. The summed E-state index contributed by atoms with van der Waals surface area (Å²) in [4.78, 5) is 14.7. The molecule has 5 heteroatoms. The summed E-state index contributed by atoms with van der Waals surface area (Å²) >= 11 is 0. The van der Waals surface area contributed by atoms with Gasteiger partial charge in [-0.25, -0.2) is 15.0 Å². The second-order valence-electron chi connectivity index (χ2n) is 4.10. The summed E-state index contributed by atoms with van der Waals surface area (Å²) < 4.78 is 0. The lowest BCUT2D eigenvalue weighted by Gasteiger charge is -2.17. The Morgan fingerprint density at radius 2 is 2.12 bits per heavy atom. The quantitative estimate of drug-likeness (QED) is 0.735. The average molecular weight is 225 g/mol. The van der Waals surface area contributed by atoms with Gasteiger partial charge in [-0.05, 0) is 18.9 Å². The molecule has 0 bridgehead atoms. The maximum Gasteiger partial charge on any atom is 0.164 e. The normalized spacial score (nSPS) is 15.1. The van der Waals surface area contributed by atoms with Crippen molar-refractivity contribution in [2.24, 2.45) is 0 Å². The lowest BCUT2D eigenvalue weighted by atomic mass is 10.2. The van der Waals surface area contributed by atoms with Crippen LogP contribution in [0.25, 0.3) is 11.0 Å². The van der Waals surface area contributed by atoms with E-state index < -0.39 is 0 Å². The minimum atomic E-state index is 0.606. The van der Waals surface area contributed by atoms with Crippen LogP contribution in [-0.4, -0.2) is 28.0 Å². The van der Waals surface area contributed by atoms with Crippen molar-refractivity contribution in [1.82, 2.24) is 15.0 Å². The van der Waals surface area contributed by atoms with E-state index in [9.17, 15) is 5.26 Å². The maximum absolute atomic E-state index is 9.18. The molecule has 1 aliphatic heterocycles. The van der Waals surface area contributed by atoms with Crippen LogP contribution in [0.3, 0.4) is 0 Å². The van der Waals surface area contributed by atoms with Gasteiger partial charge in [0.2, 0.25) is 0 Å². The molecule has 3 heterocycles. The summed E-state index contributed by atoms with van der Waals surface area (Å²) in [5.41, 5.74) is 1.26. The monoisotopic (exact) mass is 225 g/mol. The summed E-state index contributed by atoms with van der Waals surface area (Å²) in [6.07, 6.45) is 5.49. The van der Waals surface area contributed by atoms with Gasteiger partial charge in [-0.1, -0.05) is 0 Å². The van der Waals surface area contributed by atoms with Crippen LogP contribution in [0.2, 0.25) is 0 Å². The fourth-order valence-electron chi connectivity index (χ4n) is 2.16. The average Bonchev–Trinajstić information content (AvgIpc) is 2.91. The molecule has 0 N–H and O–H groups in total. The Balaban J connectivity index is 2.18. The molecule has 0 aromatic carbocycles. The van der Waals surface area contributed by atoms with Crippen LogP contribution in [-0.2, 0) is 0 Å². The van der Waals surface area contributed by atoms with Gasteiger partial charge in [0.15, 0.2) is 5.65 Å². The molecule has 1 fully saturated rings. The van der Waals surface area contributed by atoms with Gasteiger partial charge in [-0.2, -0.15) is 5.26 Å². The first-order chi connectivity index (χ1) is 8.38. The van der Waals surface area contributed by atoms with Crippen LogP contribution in [0, 0.1) is 11.3 Å². The maximum atomic E-state index is 9.18. The Morgan fingerprint density at radius 1 is 1.29 bits per heavy atom. The molecule has 0 radical (unpaired) electrons. The third-order valence-corrected chi connectivity index (χ3v) is 3.00. The summed E-state index contributed by atoms with van der Waals surface area (Å²) in [7, 11) is 0. The van der Waals surface area contributed by atoms with Gasteiger partial charge in [-0.15, -0.1) is 0 Å². The highest BCUT2D eigenvalue weighted by atomic mass is 15.2. The van der Waals surface area contributed by atoms with Crippen LogP contribution < -0.4 is 4.90 Å². The third kappa shape index (κ3) is 1.68. The smallest absolute Gasteiger partial charge is 0.164 e. The molecule has 3 rings (SSSR count). The summed E-state index contributed by atoms with van der Waals surface area (Å²) in [5, 5.41) is 9.99. The number of pyridine rings is 1. The number of rotatable bonds is 1. The van der Waals surface area contributed by atoms with Gasteiger partial charge >= 0.3 is 0 Å². The lowest BCUT2D eigenvalue weighted by molar-refractivity contribution is 0.937. The van der Waals surface area contributed by atoms with E-state index in [0.29, 0.717) is 11.2 Å². The van der Waals surface area contributed by atoms with Crippen molar-refractivity contribution in [3.05, 3.63) is 24.2 Å². The predicted octanol–water partition coefficient (Wildman–Crippen LogP) is 1.50. The molecule has 1 saturated heterocycles. The third-order valence-electron chi connectivity index (χ3n) is 3.00. The molecule has 0 amide bonds. The van der Waals surface area contributed by atoms with Crippen molar-refractivity contribution < 1.29 is 0 Å². The molecule has 0 aliphatic carbocycles. The molecule has 0 unspecified atom stereocenters. The van der Waals surface area contributed by atoms with Crippen LogP contribution >= 0.6 is 0 Å². The van der Waals surface area contributed by atoms with Gasteiger partial charge in [-0.3, -0.25) is 0 Å². The number of aromatic nitrogens is 3. The van der Waals surface area contributed by atoms with E-state index in [1.165, 1.54) is 6.33 Å². The Morgan fingerprint density at radius 3 is 2.88 bits per heavy atom. The van der Waals surface area contributed by atoms with Crippen molar-refractivity contribution >= 4 is 16.9 Å². The van der Waals surface area contributed by atoms with Crippen molar-refractivity contribution in [2.75, 3.05) is 18.0 Å². The van der Waals surface area contributed by atoms with Crippen LogP contribution in [0.4, 0.5) is 5.82 Å². The minimum Gasteiger partial charge on any atom is -0.355 e. The first-order valence-corrected chi connectivity index (χ1v) is 5.64. The van der Waals surface area contributed by atoms with Gasteiger partial charge < -0.3 is 4.90 Å². The van der Waals surface area contributed by atoms with E-state index in [0.717, 1.165) is 37.1 Å². The molecule has 0 saturated carbocycles. The first-order valence-electron chi connectivity index (χ1n) is 5.64. The molecule has 84 valence electrons. The SMILES string of the molecule is N#Cc1cc2cncnc2nc1N1CCCC1. The van der Waals surface area contributed by atoms with Gasteiger partial charge in [0.05, 0.1) is 5.56 Å². The summed E-state index contributed by atoms with van der Waals surface area (Å²) in [6, 6.07) is 4.02. The number of hydrogen-bond acceptors (Lipinski definition) is 5. The first kappa shape index (κ1) is 9.97. The highest BCUT2D eigenvalue weighted by Crippen LogP contribution is 2.24. The molecule has 17 heavy (non-hydrogen) atoms. The highest BCUT2D eigenvalue weighted by molar-refractivity contribution is 5.79. The summed E-state index contributed by atoms with van der Waals surface area (Å²) in [6.45, 7) is 1.94. The molecular formula is C12H11N5. The number of fused-ring (bicyclic) bond motifs is 1. The molecular weight excluding hydrogens is 214 g/mol. The number of anilines is 1. The minimum absolute atomic E-state index is 0.606. The Labute approximate surface area is 98.7 Å². The van der Waals surface area contributed by atoms with E-state index >= 15 is 0 Å². The van der Waals surface area contributed by atoms with Gasteiger partial charge in [0.25, 0.3) is 0 Å². The highest BCUT2D eigenvalue weighted by Gasteiger charge is 2.18. The topological polar surface area (TPSA) is 65.7 Å². The number of hydrogen-bond donors (Lipinski definition) is 0. The predicted molar refractivity (Wildman–Crippen MR) is 63.5 cm³/mol. The molecule has 0 spiro atoms. The Hall–Kier alpha value is -2.22. The second-order valence-corrected chi connectivity index (χ2v) is 4.10. The van der Waals surface area contributed by atoms with E-state index in [2.05, 4.69) is 25.9 Å². The zero-order chi connectivity index (χ0) is 11.7. The molecule has 1 aliphatic rings. The van der Waals surface area contributed by atoms with E-state index in [1.54, 1.807) is 6.20 Å². The number of nitrogens with zero attached hydrogens (tertiary/aromatic N) is 5. The molecule has 2 aromatic heterocycles. The second kappa shape index (κ2) is 3.98. The van der Waals surface area contributed by atoms with Crippen molar-refractivity contribution in [2.45, 2.75) is 12.8 Å². The molecule has 0 atom stereocenters. The fraction of sp³-hybridized carbons (Fsp3) is 0.333. The largest absolute Gasteiger partial charge is 0.355 e. The lowest BCUT2D eigenvalue weighted by Crippen LogP contribution is -2.20. The van der Waals surface area contributed by atoms with Gasteiger partial charge in [0, 0.05) is 24.7 Å². The van der Waals surface area contributed by atoms with Crippen molar-refractivity contribution in [1.29, 1.82) is 5.26 Å². The zero-order valence-electron chi connectivity index (χ0n) is 9.30.